The smallest absolute Gasteiger partial charge is 0.0471 e. The first-order chi connectivity index (χ1) is 7.70. The van der Waals surface area contributed by atoms with Crippen molar-refractivity contribution >= 4 is 46.4 Å². The lowest BCUT2D eigenvalue weighted by Gasteiger charge is -2.06. The number of halogens is 4. The van der Waals surface area contributed by atoms with Crippen LogP contribution in [0.1, 0.15) is 51.4 Å². The Hall–Kier alpha value is 1.16. The van der Waals surface area contributed by atoms with Crippen LogP contribution in [0.4, 0.5) is 0 Å². The molecule has 0 nitrogen and oxygen atoms in total. The number of hydrogen-bond acceptors (Lipinski definition) is 0. The van der Waals surface area contributed by atoms with Crippen molar-refractivity contribution < 1.29 is 0 Å². The molecular formula is C12H22Cl4. The maximum atomic E-state index is 5.92. The highest BCUT2D eigenvalue weighted by atomic mass is 35.5. The van der Waals surface area contributed by atoms with Gasteiger partial charge in [-0.15, -0.1) is 46.4 Å². The van der Waals surface area contributed by atoms with Gasteiger partial charge in [-0.2, -0.15) is 0 Å². The molecule has 4 heteroatoms. The first kappa shape index (κ1) is 17.2. The van der Waals surface area contributed by atoms with E-state index in [2.05, 4.69) is 0 Å². The van der Waals surface area contributed by atoms with Crippen LogP contribution in [0.15, 0.2) is 0 Å². The second kappa shape index (κ2) is 12.6. The summed E-state index contributed by atoms with van der Waals surface area (Å²) in [6.45, 7) is 0. The van der Waals surface area contributed by atoms with Crippen molar-refractivity contribution in [3.8, 4) is 0 Å². The molecule has 0 unspecified atom stereocenters. The highest BCUT2D eigenvalue weighted by Crippen LogP contribution is 2.15. The Morgan fingerprint density at radius 1 is 0.562 bits per heavy atom. The van der Waals surface area contributed by atoms with Crippen molar-refractivity contribution in [2.75, 3.05) is 11.8 Å². The highest BCUT2D eigenvalue weighted by molar-refractivity contribution is 6.28. The molecular weight excluding hydrogens is 286 g/mol. The predicted octanol–water partition coefficient (Wildman–Crippen LogP) is 5.80. The van der Waals surface area contributed by atoms with E-state index in [1.54, 1.807) is 0 Å². The third kappa shape index (κ3) is 11.6. The molecule has 0 saturated heterocycles. The lowest BCUT2D eigenvalue weighted by molar-refractivity contribution is 0.566. The monoisotopic (exact) mass is 306 g/mol. The van der Waals surface area contributed by atoms with Crippen molar-refractivity contribution in [1.29, 1.82) is 0 Å². The van der Waals surface area contributed by atoms with E-state index in [1.165, 1.54) is 38.5 Å². The summed E-state index contributed by atoms with van der Waals surface area (Å²) in [4.78, 5) is 0. The molecule has 0 saturated carbocycles. The third-order valence-electron chi connectivity index (χ3n) is 2.62. The van der Waals surface area contributed by atoms with Gasteiger partial charge >= 0.3 is 0 Å². The molecule has 0 aliphatic carbocycles. The van der Waals surface area contributed by atoms with Gasteiger partial charge in [-0.25, -0.2) is 0 Å². The van der Waals surface area contributed by atoms with E-state index in [0.29, 0.717) is 11.8 Å². The van der Waals surface area contributed by atoms with Crippen LogP contribution in [0, 0.1) is 0 Å². The van der Waals surface area contributed by atoms with Crippen molar-refractivity contribution in [3.63, 3.8) is 0 Å². The summed E-state index contributed by atoms with van der Waals surface area (Å²) in [5.41, 5.74) is 0. The average Bonchev–Trinajstić information content (AvgIpc) is 2.31. The Morgan fingerprint density at radius 2 is 0.875 bits per heavy atom. The van der Waals surface area contributed by atoms with E-state index in [9.17, 15) is 0 Å². The zero-order chi connectivity index (χ0) is 12.2. The molecule has 0 bridgehead atoms. The Labute approximate surface area is 120 Å². The van der Waals surface area contributed by atoms with E-state index >= 15 is 0 Å². The van der Waals surface area contributed by atoms with Gasteiger partial charge in [-0.3, -0.25) is 0 Å². The molecule has 0 aromatic carbocycles. The van der Waals surface area contributed by atoms with Gasteiger partial charge in [-0.05, 0) is 12.8 Å². The van der Waals surface area contributed by atoms with Crippen LogP contribution in [0.3, 0.4) is 0 Å². The lowest BCUT2D eigenvalue weighted by Crippen LogP contribution is -2.00. The maximum Gasteiger partial charge on any atom is 0.0471 e. The molecule has 16 heavy (non-hydrogen) atoms. The number of hydrogen-bond donors (Lipinski definition) is 0. The van der Waals surface area contributed by atoms with Crippen LogP contribution in [0.2, 0.25) is 0 Å². The molecule has 0 aromatic heterocycles. The summed E-state index contributed by atoms with van der Waals surface area (Å²) in [5.74, 6) is 1.13. The number of rotatable bonds is 11. The molecule has 0 amide bonds. The third-order valence-corrected chi connectivity index (χ3v) is 4.43. The minimum Gasteiger partial charge on any atom is -0.125 e. The Kier molecular flexibility index (Phi) is 13.5. The maximum absolute atomic E-state index is 5.92. The first-order valence-electron chi connectivity index (χ1n) is 6.10. The largest absolute Gasteiger partial charge is 0.125 e. The number of unbranched alkanes of at least 4 members (excludes halogenated alkanes) is 5. The van der Waals surface area contributed by atoms with Gasteiger partial charge in [-0.1, -0.05) is 38.5 Å². The fourth-order valence-corrected chi connectivity index (χ4v) is 2.21. The molecule has 2 atom stereocenters. The first-order valence-corrected chi connectivity index (χ1v) is 8.05. The van der Waals surface area contributed by atoms with Gasteiger partial charge in [0.25, 0.3) is 0 Å². The molecule has 0 aromatic rings. The molecule has 0 fully saturated rings. The minimum absolute atomic E-state index is 0.155. The Bertz CT molecular complexity index is 125. The second-order valence-electron chi connectivity index (χ2n) is 4.20. The van der Waals surface area contributed by atoms with Crippen LogP contribution < -0.4 is 0 Å². The van der Waals surface area contributed by atoms with E-state index in [0.717, 1.165) is 12.8 Å². The number of alkyl halides is 4. The molecule has 0 radical (unpaired) electrons. The molecule has 0 spiro atoms. The topological polar surface area (TPSA) is 0 Å². The fourth-order valence-electron chi connectivity index (χ4n) is 1.59. The summed E-state index contributed by atoms with van der Waals surface area (Å²) < 4.78 is 0. The lowest BCUT2D eigenvalue weighted by atomic mass is 10.1. The van der Waals surface area contributed by atoms with Crippen LogP contribution in [-0.4, -0.2) is 22.5 Å². The molecule has 0 rings (SSSR count). The van der Waals surface area contributed by atoms with Crippen molar-refractivity contribution in [1.82, 2.24) is 0 Å². The van der Waals surface area contributed by atoms with Crippen molar-refractivity contribution in [2.24, 2.45) is 0 Å². The summed E-state index contributed by atoms with van der Waals surface area (Å²) >= 11 is 23.1. The predicted molar refractivity (Wildman–Crippen MR) is 77.7 cm³/mol. The van der Waals surface area contributed by atoms with E-state index < -0.39 is 0 Å². The van der Waals surface area contributed by atoms with Crippen LogP contribution in [0.25, 0.3) is 0 Å². The molecule has 0 aliphatic heterocycles. The van der Waals surface area contributed by atoms with Gasteiger partial charge in [0, 0.05) is 22.5 Å². The Balaban J connectivity index is 3.04. The van der Waals surface area contributed by atoms with Crippen molar-refractivity contribution in [2.45, 2.75) is 62.1 Å². The van der Waals surface area contributed by atoms with Gasteiger partial charge in [0.15, 0.2) is 0 Å². The fraction of sp³-hybridized carbons (Fsp3) is 1.00. The van der Waals surface area contributed by atoms with Crippen molar-refractivity contribution in [3.05, 3.63) is 0 Å². The summed E-state index contributed by atoms with van der Waals surface area (Å²) in [7, 11) is 0. The van der Waals surface area contributed by atoms with Gasteiger partial charge in [0.05, 0.1) is 0 Å². The van der Waals surface area contributed by atoms with E-state index in [4.69, 9.17) is 46.4 Å². The SMILES string of the molecule is ClC[C@@H](Cl)CCCCCCCC[C@@H](Cl)CCl. The zero-order valence-electron chi connectivity index (χ0n) is 9.74. The van der Waals surface area contributed by atoms with Crippen LogP contribution >= 0.6 is 46.4 Å². The van der Waals surface area contributed by atoms with Crippen LogP contribution in [0.5, 0.6) is 0 Å². The summed E-state index contributed by atoms with van der Waals surface area (Å²) in [6, 6.07) is 0. The zero-order valence-corrected chi connectivity index (χ0v) is 12.8. The Morgan fingerprint density at radius 3 is 1.19 bits per heavy atom. The quantitative estimate of drug-likeness (QED) is 0.334. The van der Waals surface area contributed by atoms with Gasteiger partial charge < -0.3 is 0 Å². The van der Waals surface area contributed by atoms with E-state index in [-0.39, 0.29) is 10.8 Å². The van der Waals surface area contributed by atoms with Crippen LogP contribution in [-0.2, 0) is 0 Å². The average molecular weight is 308 g/mol. The molecule has 0 aliphatic rings. The van der Waals surface area contributed by atoms with Gasteiger partial charge in [0.1, 0.15) is 0 Å². The summed E-state index contributed by atoms with van der Waals surface area (Å²) in [5, 5.41) is 0.310. The molecule has 98 valence electrons. The van der Waals surface area contributed by atoms with Gasteiger partial charge in [0.2, 0.25) is 0 Å². The standard InChI is InChI=1S/C12H22Cl4/c13-9-11(15)7-5-3-1-2-4-6-8-12(16)10-14/h11-12H,1-10H2/t11-,12+. The van der Waals surface area contributed by atoms with E-state index in [1.807, 2.05) is 0 Å². The normalized spacial score (nSPS) is 15.0. The summed E-state index contributed by atoms with van der Waals surface area (Å²) in [6.07, 6.45) is 9.59. The molecule has 0 heterocycles. The minimum atomic E-state index is 0.155. The second-order valence-corrected chi connectivity index (χ2v) is 6.05. The highest BCUT2D eigenvalue weighted by Gasteiger charge is 2.02. The molecule has 0 N–H and O–H groups in total.